The van der Waals surface area contributed by atoms with Crippen LogP contribution in [0.3, 0.4) is 0 Å². The van der Waals surface area contributed by atoms with E-state index in [2.05, 4.69) is 4.74 Å². The maximum absolute atomic E-state index is 12.7. The lowest BCUT2D eigenvalue weighted by atomic mass is 10.2. The van der Waals surface area contributed by atoms with E-state index in [-0.39, 0.29) is 26.4 Å². The average Bonchev–Trinajstić information content (AvgIpc) is 2.97. The zero-order chi connectivity index (χ0) is 17.7. The van der Waals surface area contributed by atoms with Gasteiger partial charge in [-0.25, -0.2) is 0 Å². The number of rotatable bonds is 6. The van der Waals surface area contributed by atoms with E-state index in [1.54, 1.807) is 13.0 Å². The third-order valence-electron chi connectivity index (χ3n) is 3.23. The summed E-state index contributed by atoms with van der Waals surface area (Å²) in [4.78, 5) is 23.5. The number of halogens is 3. The third-order valence-corrected chi connectivity index (χ3v) is 3.23. The zero-order valence-electron chi connectivity index (χ0n) is 12.9. The summed E-state index contributed by atoms with van der Waals surface area (Å²) in [5, 5.41) is 0. The van der Waals surface area contributed by atoms with Crippen LogP contribution in [0.1, 0.15) is 18.9 Å². The van der Waals surface area contributed by atoms with Crippen LogP contribution in [0.4, 0.5) is 13.2 Å². The highest BCUT2D eigenvalue weighted by atomic mass is 19.4. The molecule has 1 heterocycles. The minimum Gasteiger partial charge on any atom is -0.466 e. The molecule has 6 nitrogen and oxygen atoms in total. The first-order valence-corrected chi connectivity index (χ1v) is 7.21. The minimum atomic E-state index is -5.02. The van der Waals surface area contributed by atoms with Crippen LogP contribution < -0.4 is 9.47 Å². The van der Waals surface area contributed by atoms with E-state index in [0.717, 1.165) is 0 Å². The summed E-state index contributed by atoms with van der Waals surface area (Å²) in [6, 6.07) is 4.59. The number of fused-ring (bicyclic) bond motifs is 1. The number of esters is 1. The van der Waals surface area contributed by atoms with Crippen molar-refractivity contribution in [2.24, 2.45) is 0 Å². The van der Waals surface area contributed by atoms with Crippen molar-refractivity contribution in [2.45, 2.75) is 26.1 Å². The van der Waals surface area contributed by atoms with Crippen LogP contribution in [0.15, 0.2) is 18.2 Å². The maximum atomic E-state index is 12.7. The summed E-state index contributed by atoms with van der Waals surface area (Å²) >= 11 is 0. The van der Waals surface area contributed by atoms with E-state index in [1.807, 2.05) is 0 Å². The molecule has 0 aromatic heterocycles. The van der Waals surface area contributed by atoms with Gasteiger partial charge in [0.15, 0.2) is 11.5 Å². The van der Waals surface area contributed by atoms with Gasteiger partial charge >= 0.3 is 18.1 Å². The Kier molecular flexibility index (Phi) is 5.53. The fraction of sp³-hybridized carbons (Fsp3) is 0.467. The quantitative estimate of drug-likeness (QED) is 0.739. The van der Waals surface area contributed by atoms with Crippen molar-refractivity contribution in [3.8, 4) is 11.5 Å². The summed E-state index contributed by atoms with van der Waals surface area (Å²) in [6.45, 7) is 1.03. The normalized spacial score (nSPS) is 12.8. The molecule has 1 amide bonds. The van der Waals surface area contributed by atoms with E-state index in [1.165, 1.54) is 12.1 Å². The fourth-order valence-corrected chi connectivity index (χ4v) is 2.15. The Morgan fingerprint density at radius 1 is 1.25 bits per heavy atom. The van der Waals surface area contributed by atoms with Crippen LogP contribution in [-0.4, -0.2) is 42.9 Å². The molecular formula is C15H16F3NO5. The highest BCUT2D eigenvalue weighted by Crippen LogP contribution is 2.33. The van der Waals surface area contributed by atoms with Crippen molar-refractivity contribution in [2.75, 3.05) is 19.9 Å². The molecule has 1 aromatic carbocycles. The van der Waals surface area contributed by atoms with Gasteiger partial charge < -0.3 is 19.1 Å². The molecule has 0 saturated carbocycles. The summed E-state index contributed by atoms with van der Waals surface area (Å²) in [5.41, 5.74) is 0.431. The first-order valence-electron chi connectivity index (χ1n) is 7.21. The molecule has 24 heavy (non-hydrogen) atoms. The van der Waals surface area contributed by atoms with E-state index in [9.17, 15) is 22.8 Å². The number of alkyl halides is 3. The van der Waals surface area contributed by atoms with Crippen molar-refractivity contribution >= 4 is 11.9 Å². The van der Waals surface area contributed by atoms with Gasteiger partial charge in [0.05, 0.1) is 13.0 Å². The number of nitrogens with zero attached hydrogens (tertiary/aromatic N) is 1. The number of benzene rings is 1. The van der Waals surface area contributed by atoms with Crippen LogP contribution >= 0.6 is 0 Å². The number of hydrogen-bond donors (Lipinski definition) is 0. The van der Waals surface area contributed by atoms with Gasteiger partial charge in [0, 0.05) is 13.1 Å². The van der Waals surface area contributed by atoms with Crippen molar-refractivity contribution in [3.05, 3.63) is 23.8 Å². The Morgan fingerprint density at radius 3 is 2.62 bits per heavy atom. The zero-order valence-corrected chi connectivity index (χ0v) is 12.9. The predicted molar refractivity (Wildman–Crippen MR) is 75.3 cm³/mol. The smallest absolute Gasteiger partial charge is 0.466 e. The van der Waals surface area contributed by atoms with Gasteiger partial charge in [0.1, 0.15) is 0 Å². The van der Waals surface area contributed by atoms with Gasteiger partial charge in [0.2, 0.25) is 6.79 Å². The molecular weight excluding hydrogens is 331 g/mol. The molecule has 0 spiro atoms. The van der Waals surface area contributed by atoms with Crippen molar-refractivity contribution in [1.29, 1.82) is 0 Å². The van der Waals surface area contributed by atoms with Crippen molar-refractivity contribution in [1.82, 2.24) is 4.90 Å². The molecule has 0 atom stereocenters. The van der Waals surface area contributed by atoms with Crippen LogP contribution in [0.2, 0.25) is 0 Å². The van der Waals surface area contributed by atoms with Gasteiger partial charge in [-0.05, 0) is 24.6 Å². The molecule has 0 N–H and O–H groups in total. The van der Waals surface area contributed by atoms with Crippen LogP contribution in [0.25, 0.3) is 0 Å². The monoisotopic (exact) mass is 347 g/mol. The van der Waals surface area contributed by atoms with Gasteiger partial charge in [-0.1, -0.05) is 6.07 Å². The minimum absolute atomic E-state index is 0.0346. The van der Waals surface area contributed by atoms with Crippen molar-refractivity contribution < 1.29 is 37.0 Å². The second-order valence-electron chi connectivity index (χ2n) is 4.97. The second kappa shape index (κ2) is 7.41. The summed E-state index contributed by atoms with van der Waals surface area (Å²) < 4.78 is 53.2. The first-order chi connectivity index (χ1) is 11.3. The molecule has 1 aliphatic rings. The SMILES string of the molecule is CCOC(=O)CCN(Cc1ccc2c(c1)OCO2)C(=O)C(F)(F)F. The molecule has 132 valence electrons. The Balaban J connectivity index is 2.10. The average molecular weight is 347 g/mol. The predicted octanol–water partition coefficient (Wildman–Crippen LogP) is 2.26. The largest absolute Gasteiger partial charge is 0.471 e. The molecule has 0 radical (unpaired) electrons. The van der Waals surface area contributed by atoms with Crippen LogP contribution in [0, 0.1) is 0 Å². The Bertz CT molecular complexity index is 618. The van der Waals surface area contributed by atoms with Gasteiger partial charge in [-0.3, -0.25) is 9.59 Å². The lowest BCUT2D eigenvalue weighted by molar-refractivity contribution is -0.186. The molecule has 0 saturated heterocycles. The molecule has 0 aliphatic carbocycles. The highest BCUT2D eigenvalue weighted by Gasteiger charge is 2.42. The molecule has 2 rings (SSSR count). The molecule has 9 heteroatoms. The number of ether oxygens (including phenoxy) is 3. The lowest BCUT2D eigenvalue weighted by Crippen LogP contribution is -2.41. The molecule has 0 fully saturated rings. The van der Waals surface area contributed by atoms with Crippen LogP contribution in [-0.2, 0) is 20.9 Å². The molecule has 1 aromatic rings. The van der Waals surface area contributed by atoms with E-state index in [4.69, 9.17) is 9.47 Å². The number of carbonyl (C=O) groups is 2. The second-order valence-corrected chi connectivity index (χ2v) is 4.97. The van der Waals surface area contributed by atoms with Gasteiger partial charge in [-0.2, -0.15) is 13.2 Å². The number of carbonyl (C=O) groups excluding carboxylic acids is 2. The molecule has 0 unspecified atom stereocenters. The lowest BCUT2D eigenvalue weighted by Gasteiger charge is -2.23. The van der Waals surface area contributed by atoms with E-state index >= 15 is 0 Å². The standard InChI is InChI=1S/C15H16F3NO5/c1-2-22-13(20)5-6-19(14(21)15(16,17)18)8-10-3-4-11-12(7-10)24-9-23-11/h3-4,7H,2,5-6,8-9H2,1H3. The number of hydrogen-bond acceptors (Lipinski definition) is 5. The molecule has 1 aliphatic heterocycles. The van der Waals surface area contributed by atoms with Crippen LogP contribution in [0.5, 0.6) is 11.5 Å². The summed E-state index contributed by atoms with van der Waals surface area (Å²) in [7, 11) is 0. The molecule has 0 bridgehead atoms. The van der Waals surface area contributed by atoms with E-state index < -0.39 is 24.6 Å². The summed E-state index contributed by atoms with van der Waals surface area (Å²) in [5.74, 6) is -1.79. The summed E-state index contributed by atoms with van der Waals surface area (Å²) in [6.07, 6.45) is -5.34. The van der Waals surface area contributed by atoms with Gasteiger partial charge in [-0.15, -0.1) is 0 Å². The fourth-order valence-electron chi connectivity index (χ4n) is 2.15. The van der Waals surface area contributed by atoms with Gasteiger partial charge in [0.25, 0.3) is 0 Å². The Hall–Kier alpha value is -2.45. The number of amides is 1. The first kappa shape index (κ1) is 17.9. The van der Waals surface area contributed by atoms with Crippen molar-refractivity contribution in [3.63, 3.8) is 0 Å². The Labute approximate surface area is 136 Å². The Morgan fingerprint density at radius 2 is 1.96 bits per heavy atom. The highest BCUT2D eigenvalue weighted by molar-refractivity contribution is 5.82. The maximum Gasteiger partial charge on any atom is 0.471 e. The topological polar surface area (TPSA) is 65.1 Å². The van der Waals surface area contributed by atoms with E-state index in [0.29, 0.717) is 22.0 Å². The third kappa shape index (κ3) is 4.53.